The SMILES string of the molecule is CCOCCCNC(=O)c1ccc(OCC(N)=O)c(N)c1. The first kappa shape index (κ1) is 16.8. The average Bonchev–Trinajstić information content (AvgIpc) is 2.45. The van der Waals surface area contributed by atoms with Crippen LogP contribution in [0.25, 0.3) is 0 Å². The van der Waals surface area contributed by atoms with Crippen LogP contribution in [0, 0.1) is 0 Å². The smallest absolute Gasteiger partial charge is 0.255 e. The standard InChI is InChI=1S/C14H21N3O4/c1-2-20-7-3-6-17-14(19)10-4-5-12(11(15)8-10)21-9-13(16)18/h4-5,8H,2-3,6-7,9,15H2,1H3,(H2,16,18)(H,17,19). The Morgan fingerprint density at radius 3 is 2.71 bits per heavy atom. The summed E-state index contributed by atoms with van der Waals surface area (Å²) in [4.78, 5) is 22.5. The highest BCUT2D eigenvalue weighted by atomic mass is 16.5. The Labute approximate surface area is 123 Å². The zero-order chi connectivity index (χ0) is 15.7. The maximum Gasteiger partial charge on any atom is 0.255 e. The maximum atomic E-state index is 11.9. The molecule has 0 aliphatic rings. The highest BCUT2D eigenvalue weighted by molar-refractivity contribution is 5.95. The molecule has 5 N–H and O–H groups in total. The second-order valence-corrected chi connectivity index (χ2v) is 4.31. The molecular formula is C14H21N3O4. The Balaban J connectivity index is 2.49. The third-order valence-electron chi connectivity index (χ3n) is 2.60. The van der Waals surface area contributed by atoms with Crippen LogP contribution >= 0.6 is 0 Å². The van der Waals surface area contributed by atoms with Crippen LogP contribution in [0.15, 0.2) is 18.2 Å². The number of benzene rings is 1. The molecule has 0 radical (unpaired) electrons. The van der Waals surface area contributed by atoms with Gasteiger partial charge in [0.1, 0.15) is 5.75 Å². The largest absolute Gasteiger partial charge is 0.482 e. The van der Waals surface area contributed by atoms with Gasteiger partial charge < -0.3 is 26.3 Å². The number of carbonyl (C=O) groups excluding carboxylic acids is 2. The van der Waals surface area contributed by atoms with Crippen molar-refractivity contribution in [1.29, 1.82) is 0 Å². The summed E-state index contributed by atoms with van der Waals surface area (Å²) in [5, 5.41) is 2.77. The first-order valence-corrected chi connectivity index (χ1v) is 6.71. The summed E-state index contributed by atoms with van der Waals surface area (Å²) in [6, 6.07) is 4.60. The first-order chi connectivity index (χ1) is 10.0. The fraction of sp³-hybridized carbons (Fsp3) is 0.429. The van der Waals surface area contributed by atoms with Gasteiger partial charge in [0.25, 0.3) is 11.8 Å². The van der Waals surface area contributed by atoms with Crippen LogP contribution in [0.1, 0.15) is 23.7 Å². The van der Waals surface area contributed by atoms with E-state index in [0.717, 1.165) is 6.42 Å². The molecule has 21 heavy (non-hydrogen) atoms. The van der Waals surface area contributed by atoms with Crippen molar-refractivity contribution < 1.29 is 19.1 Å². The molecule has 0 aliphatic heterocycles. The molecule has 1 aromatic carbocycles. The van der Waals surface area contributed by atoms with Crippen molar-refractivity contribution in [2.75, 3.05) is 32.1 Å². The Morgan fingerprint density at radius 1 is 1.33 bits per heavy atom. The Morgan fingerprint density at radius 2 is 2.10 bits per heavy atom. The van der Waals surface area contributed by atoms with Crippen LogP contribution in [0.3, 0.4) is 0 Å². The number of nitrogen functional groups attached to an aromatic ring is 1. The van der Waals surface area contributed by atoms with Gasteiger partial charge in [-0.25, -0.2) is 0 Å². The van der Waals surface area contributed by atoms with Crippen molar-refractivity contribution in [3.63, 3.8) is 0 Å². The van der Waals surface area contributed by atoms with E-state index in [4.69, 9.17) is 20.9 Å². The fourth-order valence-electron chi connectivity index (χ4n) is 1.59. The van der Waals surface area contributed by atoms with Crippen LogP contribution < -0.4 is 21.5 Å². The van der Waals surface area contributed by atoms with Crippen molar-refractivity contribution >= 4 is 17.5 Å². The number of anilines is 1. The van der Waals surface area contributed by atoms with E-state index in [0.29, 0.717) is 31.1 Å². The van der Waals surface area contributed by atoms with Crippen molar-refractivity contribution in [3.8, 4) is 5.75 Å². The number of carbonyl (C=O) groups is 2. The van der Waals surface area contributed by atoms with Gasteiger partial charge in [0.05, 0.1) is 5.69 Å². The lowest BCUT2D eigenvalue weighted by molar-refractivity contribution is -0.119. The number of amides is 2. The molecule has 0 spiro atoms. The van der Waals surface area contributed by atoms with Gasteiger partial charge in [0, 0.05) is 25.3 Å². The maximum absolute atomic E-state index is 11.9. The molecule has 7 heteroatoms. The summed E-state index contributed by atoms with van der Waals surface area (Å²) in [6.45, 7) is 3.46. The van der Waals surface area contributed by atoms with E-state index < -0.39 is 5.91 Å². The highest BCUT2D eigenvalue weighted by Crippen LogP contribution is 2.22. The van der Waals surface area contributed by atoms with Crippen LogP contribution in [-0.4, -0.2) is 38.2 Å². The Kier molecular flexibility index (Phi) is 7.03. The monoisotopic (exact) mass is 295 g/mol. The van der Waals surface area contributed by atoms with Crippen LogP contribution in [0.4, 0.5) is 5.69 Å². The van der Waals surface area contributed by atoms with Crippen molar-refractivity contribution in [2.24, 2.45) is 5.73 Å². The summed E-state index contributed by atoms with van der Waals surface area (Å²) in [5.41, 5.74) is 11.4. The summed E-state index contributed by atoms with van der Waals surface area (Å²) in [6.07, 6.45) is 0.745. The first-order valence-electron chi connectivity index (χ1n) is 6.71. The number of hydrogen-bond donors (Lipinski definition) is 3. The van der Waals surface area contributed by atoms with Gasteiger partial charge in [-0.1, -0.05) is 0 Å². The zero-order valence-electron chi connectivity index (χ0n) is 12.1. The van der Waals surface area contributed by atoms with E-state index in [1.165, 1.54) is 12.1 Å². The van der Waals surface area contributed by atoms with Crippen LogP contribution in [0.5, 0.6) is 5.75 Å². The van der Waals surface area contributed by atoms with Crippen LogP contribution in [-0.2, 0) is 9.53 Å². The van der Waals surface area contributed by atoms with E-state index in [2.05, 4.69) is 5.32 Å². The minimum atomic E-state index is -0.592. The van der Waals surface area contributed by atoms with Gasteiger partial charge in [0.15, 0.2) is 6.61 Å². The molecule has 0 fully saturated rings. The molecule has 0 aliphatic carbocycles. The van der Waals surface area contributed by atoms with E-state index in [1.54, 1.807) is 6.07 Å². The second kappa shape index (κ2) is 8.80. The number of ether oxygens (including phenoxy) is 2. The van der Waals surface area contributed by atoms with Gasteiger partial charge >= 0.3 is 0 Å². The average molecular weight is 295 g/mol. The predicted octanol–water partition coefficient (Wildman–Crippen LogP) is 0.289. The topological polar surface area (TPSA) is 117 Å². The minimum Gasteiger partial charge on any atom is -0.482 e. The molecule has 0 atom stereocenters. The number of rotatable bonds is 9. The van der Waals surface area contributed by atoms with Gasteiger partial charge in [-0.05, 0) is 31.5 Å². The van der Waals surface area contributed by atoms with E-state index in [1.807, 2.05) is 6.92 Å². The van der Waals surface area contributed by atoms with E-state index >= 15 is 0 Å². The second-order valence-electron chi connectivity index (χ2n) is 4.31. The van der Waals surface area contributed by atoms with Crippen molar-refractivity contribution in [2.45, 2.75) is 13.3 Å². The third kappa shape index (κ3) is 6.13. The Bertz CT molecular complexity index is 491. The lowest BCUT2D eigenvalue weighted by Crippen LogP contribution is -2.25. The molecular weight excluding hydrogens is 274 g/mol. The number of primary amides is 1. The molecule has 116 valence electrons. The molecule has 0 saturated heterocycles. The third-order valence-corrected chi connectivity index (χ3v) is 2.60. The quantitative estimate of drug-likeness (QED) is 0.447. The Hall–Kier alpha value is -2.28. The number of nitrogens with one attached hydrogen (secondary N) is 1. The molecule has 1 rings (SSSR count). The van der Waals surface area contributed by atoms with Crippen LogP contribution in [0.2, 0.25) is 0 Å². The molecule has 0 heterocycles. The normalized spacial score (nSPS) is 10.1. The van der Waals surface area contributed by atoms with Crippen molar-refractivity contribution in [3.05, 3.63) is 23.8 Å². The van der Waals surface area contributed by atoms with E-state index in [9.17, 15) is 9.59 Å². The summed E-state index contributed by atoms with van der Waals surface area (Å²) >= 11 is 0. The predicted molar refractivity (Wildman–Crippen MR) is 79.0 cm³/mol. The van der Waals surface area contributed by atoms with Gasteiger partial charge in [-0.2, -0.15) is 0 Å². The lowest BCUT2D eigenvalue weighted by atomic mass is 10.1. The lowest BCUT2D eigenvalue weighted by Gasteiger charge is -2.09. The molecule has 1 aromatic rings. The van der Waals surface area contributed by atoms with Gasteiger partial charge in [-0.15, -0.1) is 0 Å². The fourth-order valence-corrected chi connectivity index (χ4v) is 1.59. The minimum absolute atomic E-state index is 0.223. The summed E-state index contributed by atoms with van der Waals surface area (Å²) in [5.74, 6) is -0.494. The summed E-state index contributed by atoms with van der Waals surface area (Å²) < 4.78 is 10.3. The molecule has 0 bridgehead atoms. The molecule has 0 aromatic heterocycles. The number of hydrogen-bond acceptors (Lipinski definition) is 5. The molecule has 0 unspecified atom stereocenters. The van der Waals surface area contributed by atoms with Crippen molar-refractivity contribution in [1.82, 2.24) is 5.32 Å². The van der Waals surface area contributed by atoms with Gasteiger partial charge in [-0.3, -0.25) is 9.59 Å². The van der Waals surface area contributed by atoms with Gasteiger partial charge in [0.2, 0.25) is 0 Å². The molecule has 0 saturated carbocycles. The number of nitrogens with two attached hydrogens (primary N) is 2. The zero-order valence-corrected chi connectivity index (χ0v) is 12.1. The summed E-state index contributed by atoms with van der Waals surface area (Å²) in [7, 11) is 0. The molecule has 7 nitrogen and oxygen atoms in total. The molecule has 2 amide bonds. The van der Waals surface area contributed by atoms with E-state index in [-0.39, 0.29) is 18.2 Å². The highest BCUT2D eigenvalue weighted by Gasteiger charge is 2.09.